The van der Waals surface area contributed by atoms with Crippen molar-refractivity contribution in [2.24, 2.45) is 0 Å². The van der Waals surface area contributed by atoms with Crippen LogP contribution >= 0.6 is 0 Å². The molecule has 1 aliphatic carbocycles. The SMILES string of the molecule is CCCc1ccc2c(c1)Cc1cc(C#Cc3ccc(OC(F)F)cc3)ccc1-2. The van der Waals surface area contributed by atoms with E-state index in [4.69, 9.17) is 0 Å². The lowest BCUT2D eigenvalue weighted by Crippen LogP contribution is -2.01. The molecule has 0 saturated heterocycles. The normalized spacial score (nSPS) is 11.6. The number of aryl methyl sites for hydroxylation is 1. The Balaban J connectivity index is 1.53. The second-order valence-corrected chi connectivity index (χ2v) is 6.94. The van der Waals surface area contributed by atoms with Crippen LogP contribution in [0.5, 0.6) is 5.75 Å². The molecule has 1 aliphatic rings. The van der Waals surface area contributed by atoms with Gasteiger partial charge in [-0.15, -0.1) is 0 Å². The summed E-state index contributed by atoms with van der Waals surface area (Å²) in [5.41, 5.74) is 8.41. The van der Waals surface area contributed by atoms with Gasteiger partial charge in [-0.3, -0.25) is 0 Å². The number of halogens is 2. The molecule has 28 heavy (non-hydrogen) atoms. The fourth-order valence-electron chi connectivity index (χ4n) is 3.65. The van der Waals surface area contributed by atoms with Gasteiger partial charge in [0.2, 0.25) is 0 Å². The Morgan fingerprint density at radius 2 is 1.50 bits per heavy atom. The molecule has 0 atom stereocenters. The number of benzene rings is 3. The molecule has 0 saturated carbocycles. The number of hydrogen-bond donors (Lipinski definition) is 0. The molecule has 0 fully saturated rings. The molecule has 1 nitrogen and oxygen atoms in total. The summed E-state index contributed by atoms with van der Waals surface area (Å²) in [5.74, 6) is 6.39. The highest BCUT2D eigenvalue weighted by molar-refractivity contribution is 5.77. The first-order valence-corrected chi connectivity index (χ1v) is 9.44. The number of fused-ring (bicyclic) bond motifs is 3. The number of alkyl halides is 2. The molecular formula is C25H20F2O. The van der Waals surface area contributed by atoms with Gasteiger partial charge < -0.3 is 4.74 Å². The van der Waals surface area contributed by atoms with Crippen LogP contribution in [0.15, 0.2) is 60.7 Å². The third-order valence-corrected chi connectivity index (χ3v) is 4.92. The van der Waals surface area contributed by atoms with Gasteiger partial charge in [-0.05, 0) is 77.1 Å². The Labute approximate surface area is 164 Å². The maximum absolute atomic E-state index is 12.2. The Morgan fingerprint density at radius 1 is 0.857 bits per heavy atom. The zero-order chi connectivity index (χ0) is 19.5. The topological polar surface area (TPSA) is 9.23 Å². The number of hydrogen-bond acceptors (Lipinski definition) is 1. The summed E-state index contributed by atoms with van der Waals surface area (Å²) < 4.78 is 28.8. The van der Waals surface area contributed by atoms with Gasteiger partial charge in [-0.2, -0.15) is 8.78 Å². The van der Waals surface area contributed by atoms with Crippen LogP contribution in [-0.4, -0.2) is 6.61 Å². The summed E-state index contributed by atoms with van der Waals surface area (Å²) >= 11 is 0. The van der Waals surface area contributed by atoms with Crippen LogP contribution in [-0.2, 0) is 12.8 Å². The van der Waals surface area contributed by atoms with E-state index in [2.05, 4.69) is 53.8 Å². The lowest BCUT2D eigenvalue weighted by molar-refractivity contribution is -0.0498. The van der Waals surface area contributed by atoms with Crippen LogP contribution in [0.3, 0.4) is 0 Å². The molecule has 0 radical (unpaired) electrons. The van der Waals surface area contributed by atoms with E-state index < -0.39 is 6.61 Å². The Morgan fingerprint density at radius 3 is 2.21 bits per heavy atom. The van der Waals surface area contributed by atoms with Crippen molar-refractivity contribution in [3.63, 3.8) is 0 Å². The van der Waals surface area contributed by atoms with Crippen molar-refractivity contribution in [2.45, 2.75) is 32.8 Å². The second kappa shape index (κ2) is 7.86. The van der Waals surface area contributed by atoms with Crippen molar-refractivity contribution in [1.29, 1.82) is 0 Å². The second-order valence-electron chi connectivity index (χ2n) is 6.94. The summed E-state index contributed by atoms with van der Waals surface area (Å²) in [7, 11) is 0. The predicted octanol–water partition coefficient (Wildman–Crippen LogP) is 6.21. The first-order chi connectivity index (χ1) is 13.6. The Hall–Kier alpha value is -3.12. The van der Waals surface area contributed by atoms with Gasteiger partial charge >= 0.3 is 6.61 Å². The summed E-state index contributed by atoms with van der Waals surface area (Å²) in [6, 6.07) is 19.5. The van der Waals surface area contributed by atoms with Crippen LogP contribution < -0.4 is 4.74 Å². The number of rotatable bonds is 4. The molecular weight excluding hydrogens is 354 g/mol. The van der Waals surface area contributed by atoms with Gasteiger partial charge in [-0.25, -0.2) is 0 Å². The third-order valence-electron chi connectivity index (χ3n) is 4.92. The van der Waals surface area contributed by atoms with Crippen LogP contribution in [0.1, 0.15) is 41.2 Å². The van der Waals surface area contributed by atoms with E-state index in [0.717, 1.165) is 30.4 Å². The first kappa shape index (κ1) is 18.3. The summed E-state index contributed by atoms with van der Waals surface area (Å²) in [6.07, 6.45) is 3.21. The number of ether oxygens (including phenoxy) is 1. The molecule has 4 rings (SSSR count). The van der Waals surface area contributed by atoms with Crippen LogP contribution in [0.2, 0.25) is 0 Å². The summed E-state index contributed by atoms with van der Waals surface area (Å²) in [4.78, 5) is 0. The minimum absolute atomic E-state index is 0.137. The van der Waals surface area contributed by atoms with Crippen molar-refractivity contribution in [1.82, 2.24) is 0 Å². The smallest absolute Gasteiger partial charge is 0.387 e. The van der Waals surface area contributed by atoms with E-state index in [-0.39, 0.29) is 5.75 Å². The van der Waals surface area contributed by atoms with Gasteiger partial charge in [0.25, 0.3) is 0 Å². The van der Waals surface area contributed by atoms with Gasteiger partial charge in [-0.1, -0.05) is 49.5 Å². The van der Waals surface area contributed by atoms with Crippen molar-refractivity contribution in [3.05, 3.63) is 88.5 Å². The maximum atomic E-state index is 12.2. The third kappa shape index (κ3) is 3.92. The minimum Gasteiger partial charge on any atom is -0.435 e. The monoisotopic (exact) mass is 374 g/mol. The van der Waals surface area contributed by atoms with Crippen molar-refractivity contribution in [2.75, 3.05) is 0 Å². The highest BCUT2D eigenvalue weighted by Gasteiger charge is 2.18. The zero-order valence-corrected chi connectivity index (χ0v) is 15.6. The van der Waals surface area contributed by atoms with Crippen LogP contribution in [0.4, 0.5) is 8.78 Å². The molecule has 140 valence electrons. The standard InChI is InChI=1S/C25H20F2O/c1-2-3-18-8-12-23-20(14-18)16-21-15-19(9-13-24(21)23)5-4-17-6-10-22(11-7-17)28-25(26)27/h6-15,25H,2-3,16H2,1H3. The molecule has 0 unspecified atom stereocenters. The molecule has 0 spiro atoms. The van der Waals surface area contributed by atoms with Gasteiger partial charge in [0, 0.05) is 11.1 Å². The van der Waals surface area contributed by atoms with Gasteiger partial charge in [0.15, 0.2) is 0 Å². The first-order valence-electron chi connectivity index (χ1n) is 9.44. The Kier molecular flexibility index (Phi) is 5.12. The molecule has 0 bridgehead atoms. The van der Waals surface area contributed by atoms with E-state index >= 15 is 0 Å². The predicted molar refractivity (Wildman–Crippen MR) is 108 cm³/mol. The van der Waals surface area contributed by atoms with E-state index in [1.807, 2.05) is 6.07 Å². The fourth-order valence-corrected chi connectivity index (χ4v) is 3.65. The average molecular weight is 374 g/mol. The fraction of sp³-hybridized carbons (Fsp3) is 0.200. The van der Waals surface area contributed by atoms with Crippen LogP contribution in [0.25, 0.3) is 11.1 Å². The molecule has 3 aromatic rings. The molecule has 3 aromatic carbocycles. The van der Waals surface area contributed by atoms with Gasteiger partial charge in [0.05, 0.1) is 0 Å². The summed E-state index contributed by atoms with van der Waals surface area (Å²) in [5, 5.41) is 0. The highest BCUT2D eigenvalue weighted by atomic mass is 19.3. The maximum Gasteiger partial charge on any atom is 0.387 e. The zero-order valence-electron chi connectivity index (χ0n) is 15.6. The van der Waals surface area contributed by atoms with Crippen molar-refractivity contribution in [3.8, 4) is 28.7 Å². The van der Waals surface area contributed by atoms with Crippen molar-refractivity contribution < 1.29 is 13.5 Å². The van der Waals surface area contributed by atoms with E-state index in [9.17, 15) is 8.78 Å². The molecule has 0 heterocycles. The molecule has 0 aromatic heterocycles. The highest BCUT2D eigenvalue weighted by Crippen LogP contribution is 2.37. The minimum atomic E-state index is -2.81. The largest absolute Gasteiger partial charge is 0.435 e. The molecule has 0 N–H and O–H groups in total. The van der Waals surface area contributed by atoms with Crippen molar-refractivity contribution >= 4 is 0 Å². The lowest BCUT2D eigenvalue weighted by Gasteiger charge is -2.04. The van der Waals surface area contributed by atoms with Crippen LogP contribution in [0, 0.1) is 11.8 Å². The average Bonchev–Trinajstić information content (AvgIpc) is 3.04. The molecule has 3 heteroatoms. The Bertz CT molecular complexity index is 1060. The van der Waals surface area contributed by atoms with E-state index in [1.54, 1.807) is 12.1 Å². The quantitative estimate of drug-likeness (QED) is 0.386. The molecule has 0 amide bonds. The summed E-state index contributed by atoms with van der Waals surface area (Å²) in [6.45, 7) is -0.614. The van der Waals surface area contributed by atoms with E-state index in [1.165, 1.54) is 39.9 Å². The lowest BCUT2D eigenvalue weighted by atomic mass is 10.0. The van der Waals surface area contributed by atoms with E-state index in [0.29, 0.717) is 0 Å². The molecule has 0 aliphatic heterocycles. The van der Waals surface area contributed by atoms with Gasteiger partial charge in [0.1, 0.15) is 5.75 Å².